The standard InChI is InChI=1S/C23H30N4O2S/c1-23(2,3)16-6-7-18-15(13-16)14-19(30-18)22(29)27-11-9-26(10-12-27)21-17(20(24)28)5-4-8-25-21/h4-5,8,14,16H,6-7,9-13H2,1-3H3,(H2,24,28). The van der Waals surface area contributed by atoms with Crippen LogP contribution in [0.15, 0.2) is 24.4 Å². The van der Waals surface area contributed by atoms with Gasteiger partial charge in [-0.2, -0.15) is 0 Å². The quantitative estimate of drug-likeness (QED) is 0.816. The van der Waals surface area contributed by atoms with Gasteiger partial charge in [-0.05, 0) is 54.4 Å². The molecular formula is C23H30N4O2S. The van der Waals surface area contributed by atoms with Crippen molar-refractivity contribution < 1.29 is 9.59 Å². The molecule has 1 fully saturated rings. The van der Waals surface area contributed by atoms with Gasteiger partial charge in [0.05, 0.1) is 10.4 Å². The van der Waals surface area contributed by atoms with Crippen molar-refractivity contribution in [3.8, 4) is 0 Å². The predicted molar refractivity (Wildman–Crippen MR) is 120 cm³/mol. The molecule has 2 aromatic rings. The van der Waals surface area contributed by atoms with Gasteiger partial charge in [-0.3, -0.25) is 9.59 Å². The fourth-order valence-corrected chi connectivity index (χ4v) is 5.66. The Labute approximate surface area is 182 Å². The zero-order valence-corrected chi connectivity index (χ0v) is 18.8. The maximum Gasteiger partial charge on any atom is 0.264 e. The van der Waals surface area contributed by atoms with Crippen LogP contribution in [-0.2, 0) is 12.8 Å². The lowest BCUT2D eigenvalue weighted by molar-refractivity contribution is 0.0750. The van der Waals surface area contributed by atoms with Crippen molar-refractivity contribution in [1.82, 2.24) is 9.88 Å². The van der Waals surface area contributed by atoms with Crippen molar-refractivity contribution in [2.75, 3.05) is 31.1 Å². The molecule has 1 saturated heterocycles. The number of fused-ring (bicyclic) bond motifs is 1. The summed E-state index contributed by atoms with van der Waals surface area (Å²) in [6.45, 7) is 9.44. The first-order valence-electron chi connectivity index (χ1n) is 10.6. The van der Waals surface area contributed by atoms with Crippen LogP contribution in [0.5, 0.6) is 0 Å². The molecule has 0 spiro atoms. The van der Waals surface area contributed by atoms with Gasteiger partial charge in [0, 0.05) is 37.3 Å². The zero-order valence-electron chi connectivity index (χ0n) is 18.0. The van der Waals surface area contributed by atoms with Gasteiger partial charge in [0.2, 0.25) is 0 Å². The number of carbonyl (C=O) groups excluding carboxylic acids is 2. The number of amides is 2. The van der Waals surface area contributed by atoms with Gasteiger partial charge >= 0.3 is 0 Å². The normalized spacial score (nSPS) is 19.5. The summed E-state index contributed by atoms with van der Waals surface area (Å²) in [5.74, 6) is 0.924. The maximum absolute atomic E-state index is 13.1. The molecule has 6 nitrogen and oxygen atoms in total. The number of thiophene rings is 1. The van der Waals surface area contributed by atoms with Crippen molar-refractivity contribution in [2.45, 2.75) is 40.0 Å². The summed E-state index contributed by atoms with van der Waals surface area (Å²) in [5.41, 5.74) is 7.59. The molecule has 0 bridgehead atoms. The minimum absolute atomic E-state index is 0.123. The number of pyridine rings is 1. The molecule has 7 heteroatoms. The minimum atomic E-state index is -0.477. The Morgan fingerprint density at radius 1 is 1.20 bits per heavy atom. The Hall–Kier alpha value is -2.41. The van der Waals surface area contributed by atoms with E-state index in [9.17, 15) is 9.59 Å². The molecule has 1 aliphatic carbocycles. The first-order chi connectivity index (χ1) is 14.2. The summed E-state index contributed by atoms with van der Waals surface area (Å²) >= 11 is 1.67. The van der Waals surface area contributed by atoms with E-state index in [1.807, 2.05) is 9.80 Å². The molecule has 0 radical (unpaired) electrons. The molecule has 2 N–H and O–H groups in total. The Bertz CT molecular complexity index is 954. The third kappa shape index (κ3) is 4.08. The second kappa shape index (κ2) is 8.02. The van der Waals surface area contributed by atoms with Crippen LogP contribution in [-0.4, -0.2) is 47.9 Å². The van der Waals surface area contributed by atoms with Gasteiger partial charge < -0.3 is 15.5 Å². The van der Waals surface area contributed by atoms with E-state index in [2.05, 4.69) is 31.8 Å². The van der Waals surface area contributed by atoms with Crippen LogP contribution in [0.4, 0.5) is 5.82 Å². The van der Waals surface area contributed by atoms with Crippen LogP contribution < -0.4 is 10.6 Å². The lowest BCUT2D eigenvalue weighted by Crippen LogP contribution is -2.49. The molecule has 0 saturated carbocycles. The Morgan fingerprint density at radius 3 is 2.60 bits per heavy atom. The lowest BCUT2D eigenvalue weighted by atomic mass is 9.72. The Morgan fingerprint density at radius 2 is 1.93 bits per heavy atom. The largest absolute Gasteiger partial charge is 0.365 e. The zero-order chi connectivity index (χ0) is 21.5. The van der Waals surface area contributed by atoms with E-state index >= 15 is 0 Å². The van der Waals surface area contributed by atoms with Crippen LogP contribution in [0.2, 0.25) is 0 Å². The summed E-state index contributed by atoms with van der Waals surface area (Å²) in [6, 6.07) is 5.55. The molecule has 3 heterocycles. The molecule has 4 rings (SSSR count). The van der Waals surface area contributed by atoms with Crippen LogP contribution in [0, 0.1) is 11.3 Å². The lowest BCUT2D eigenvalue weighted by Gasteiger charge is -2.35. The number of nitrogens with zero attached hydrogens (tertiary/aromatic N) is 3. The van der Waals surface area contributed by atoms with E-state index in [0.29, 0.717) is 48.9 Å². The van der Waals surface area contributed by atoms with Crippen molar-refractivity contribution in [3.05, 3.63) is 45.3 Å². The van der Waals surface area contributed by atoms with E-state index in [1.165, 1.54) is 16.9 Å². The number of primary amides is 1. The van der Waals surface area contributed by atoms with Crippen molar-refractivity contribution in [1.29, 1.82) is 0 Å². The number of aryl methyl sites for hydroxylation is 1. The third-order valence-electron chi connectivity index (χ3n) is 6.44. The number of hydrogen-bond donors (Lipinski definition) is 1. The van der Waals surface area contributed by atoms with Crippen LogP contribution in [0.25, 0.3) is 0 Å². The highest BCUT2D eigenvalue weighted by atomic mass is 32.1. The first-order valence-corrected chi connectivity index (χ1v) is 11.5. The monoisotopic (exact) mass is 426 g/mol. The fourth-order valence-electron chi connectivity index (χ4n) is 4.49. The van der Waals surface area contributed by atoms with E-state index in [-0.39, 0.29) is 5.91 Å². The molecule has 1 aliphatic heterocycles. The number of rotatable bonds is 3. The van der Waals surface area contributed by atoms with Crippen molar-refractivity contribution in [2.24, 2.45) is 17.1 Å². The average molecular weight is 427 g/mol. The van der Waals surface area contributed by atoms with E-state index in [4.69, 9.17) is 5.73 Å². The highest BCUT2D eigenvalue weighted by Crippen LogP contribution is 2.40. The number of hydrogen-bond acceptors (Lipinski definition) is 5. The predicted octanol–water partition coefficient (Wildman–Crippen LogP) is 3.36. The van der Waals surface area contributed by atoms with Gasteiger partial charge in [0.25, 0.3) is 11.8 Å². The minimum Gasteiger partial charge on any atom is -0.365 e. The Balaban J connectivity index is 1.42. The number of carbonyl (C=O) groups is 2. The van der Waals surface area contributed by atoms with Crippen LogP contribution in [0.1, 0.15) is 57.7 Å². The number of piperazine rings is 1. The van der Waals surface area contributed by atoms with Gasteiger partial charge in [-0.15, -0.1) is 11.3 Å². The summed E-state index contributed by atoms with van der Waals surface area (Å²) in [4.78, 5) is 35.4. The van der Waals surface area contributed by atoms with E-state index < -0.39 is 5.91 Å². The Kier molecular flexibility index (Phi) is 5.57. The smallest absolute Gasteiger partial charge is 0.264 e. The number of nitrogens with two attached hydrogens (primary N) is 1. The molecule has 30 heavy (non-hydrogen) atoms. The molecule has 160 valence electrons. The highest BCUT2D eigenvalue weighted by Gasteiger charge is 2.32. The topological polar surface area (TPSA) is 79.5 Å². The molecule has 2 amide bonds. The number of aromatic nitrogens is 1. The number of anilines is 1. The second-order valence-corrected chi connectivity index (χ2v) is 10.5. The second-order valence-electron chi connectivity index (χ2n) is 9.38. The van der Waals surface area contributed by atoms with E-state index in [1.54, 1.807) is 29.7 Å². The molecule has 1 atom stereocenters. The van der Waals surface area contributed by atoms with Gasteiger partial charge in [-0.1, -0.05) is 20.8 Å². The van der Waals surface area contributed by atoms with Crippen LogP contribution in [0.3, 0.4) is 0 Å². The van der Waals surface area contributed by atoms with Crippen molar-refractivity contribution in [3.63, 3.8) is 0 Å². The molecule has 1 unspecified atom stereocenters. The van der Waals surface area contributed by atoms with Crippen molar-refractivity contribution >= 4 is 29.0 Å². The highest BCUT2D eigenvalue weighted by molar-refractivity contribution is 7.14. The maximum atomic E-state index is 13.1. The summed E-state index contributed by atoms with van der Waals surface area (Å²) in [7, 11) is 0. The average Bonchev–Trinajstić information content (AvgIpc) is 3.16. The third-order valence-corrected chi connectivity index (χ3v) is 7.66. The van der Waals surface area contributed by atoms with Crippen LogP contribution >= 0.6 is 11.3 Å². The van der Waals surface area contributed by atoms with Gasteiger partial charge in [-0.25, -0.2) is 4.98 Å². The molecule has 0 aromatic carbocycles. The van der Waals surface area contributed by atoms with E-state index in [0.717, 1.165) is 17.7 Å². The molecule has 2 aromatic heterocycles. The molecule has 2 aliphatic rings. The summed E-state index contributed by atoms with van der Waals surface area (Å²) in [5, 5.41) is 0. The SMILES string of the molecule is CC(C)(C)C1CCc2sc(C(=O)N3CCN(c4ncccc4C(N)=O)CC3)cc2C1. The summed E-state index contributed by atoms with van der Waals surface area (Å²) < 4.78 is 0. The summed E-state index contributed by atoms with van der Waals surface area (Å²) in [6.07, 6.45) is 5.03. The molecular weight excluding hydrogens is 396 g/mol. The van der Waals surface area contributed by atoms with Gasteiger partial charge in [0.15, 0.2) is 0 Å². The van der Waals surface area contributed by atoms with Gasteiger partial charge in [0.1, 0.15) is 5.82 Å². The fraction of sp³-hybridized carbons (Fsp3) is 0.522. The first kappa shape index (κ1) is 20.8.